The van der Waals surface area contributed by atoms with Crippen LogP contribution >= 0.6 is 15.9 Å². The molecule has 0 fully saturated rings. The molecule has 0 atom stereocenters. The van der Waals surface area contributed by atoms with Crippen molar-refractivity contribution in [3.05, 3.63) is 33.9 Å². The topological polar surface area (TPSA) is 27.8 Å². The van der Waals surface area contributed by atoms with Crippen LogP contribution in [0.15, 0.2) is 22.7 Å². The standard InChI is InChI=1S/C12H13BrN2/c13-8-1-2-9-10-3-5-14-6-4-11(10)15-12(9)7-8/h1-2,7,14-15H,3-6H2. The first-order valence-electron chi connectivity index (χ1n) is 5.34. The molecule has 15 heavy (non-hydrogen) atoms. The van der Waals surface area contributed by atoms with Crippen LogP contribution in [0.5, 0.6) is 0 Å². The monoisotopic (exact) mass is 264 g/mol. The Morgan fingerprint density at radius 2 is 2.00 bits per heavy atom. The molecule has 0 aliphatic carbocycles. The Hall–Kier alpha value is -0.800. The summed E-state index contributed by atoms with van der Waals surface area (Å²) in [6, 6.07) is 6.49. The second-order valence-corrected chi connectivity index (χ2v) is 4.94. The van der Waals surface area contributed by atoms with Crippen molar-refractivity contribution in [1.29, 1.82) is 0 Å². The molecule has 0 unspecified atom stereocenters. The highest BCUT2D eigenvalue weighted by Gasteiger charge is 2.13. The van der Waals surface area contributed by atoms with Gasteiger partial charge in [0, 0.05) is 34.0 Å². The van der Waals surface area contributed by atoms with Crippen LogP contribution in [0.1, 0.15) is 11.3 Å². The first-order valence-corrected chi connectivity index (χ1v) is 6.13. The molecule has 1 aromatic heterocycles. The lowest BCUT2D eigenvalue weighted by Crippen LogP contribution is -2.16. The third-order valence-corrected chi connectivity index (χ3v) is 3.55. The molecule has 2 nitrogen and oxygen atoms in total. The number of halogens is 1. The Morgan fingerprint density at radius 1 is 1.13 bits per heavy atom. The zero-order chi connectivity index (χ0) is 10.3. The quantitative estimate of drug-likeness (QED) is 0.753. The van der Waals surface area contributed by atoms with Gasteiger partial charge in [0.25, 0.3) is 0 Å². The first kappa shape index (κ1) is 9.43. The molecule has 1 aromatic carbocycles. The van der Waals surface area contributed by atoms with E-state index in [0.29, 0.717) is 0 Å². The Labute approximate surface area is 97.2 Å². The molecule has 1 aliphatic heterocycles. The lowest BCUT2D eigenvalue weighted by molar-refractivity contribution is 0.708. The molecular weight excluding hydrogens is 252 g/mol. The maximum Gasteiger partial charge on any atom is 0.0470 e. The number of hydrogen-bond donors (Lipinski definition) is 2. The summed E-state index contributed by atoms with van der Waals surface area (Å²) in [5, 5.41) is 4.81. The van der Waals surface area contributed by atoms with Gasteiger partial charge in [0.15, 0.2) is 0 Å². The molecule has 78 valence electrons. The smallest absolute Gasteiger partial charge is 0.0470 e. The average molecular weight is 265 g/mol. The van der Waals surface area contributed by atoms with Crippen molar-refractivity contribution >= 4 is 26.8 Å². The predicted molar refractivity (Wildman–Crippen MR) is 66.3 cm³/mol. The van der Waals surface area contributed by atoms with Crippen LogP contribution in [0.2, 0.25) is 0 Å². The molecular formula is C12H13BrN2. The van der Waals surface area contributed by atoms with Crippen LogP contribution in [-0.2, 0) is 12.8 Å². The molecule has 0 spiro atoms. The second kappa shape index (κ2) is 3.65. The van der Waals surface area contributed by atoms with Crippen molar-refractivity contribution in [3.8, 4) is 0 Å². The summed E-state index contributed by atoms with van der Waals surface area (Å²) in [6.45, 7) is 2.18. The van der Waals surface area contributed by atoms with Crippen molar-refractivity contribution in [1.82, 2.24) is 10.3 Å². The van der Waals surface area contributed by atoms with Crippen LogP contribution < -0.4 is 5.32 Å². The van der Waals surface area contributed by atoms with Crippen LogP contribution in [0.3, 0.4) is 0 Å². The Balaban J connectivity index is 2.23. The van der Waals surface area contributed by atoms with Crippen LogP contribution in [0, 0.1) is 0 Å². The van der Waals surface area contributed by atoms with Gasteiger partial charge in [0.05, 0.1) is 0 Å². The zero-order valence-electron chi connectivity index (χ0n) is 8.44. The molecule has 0 saturated carbocycles. The van der Waals surface area contributed by atoms with Gasteiger partial charge in [-0.05, 0) is 30.7 Å². The molecule has 2 aromatic rings. The van der Waals surface area contributed by atoms with Gasteiger partial charge in [-0.25, -0.2) is 0 Å². The third-order valence-electron chi connectivity index (χ3n) is 3.06. The Kier molecular flexibility index (Phi) is 2.29. The van der Waals surface area contributed by atoms with E-state index < -0.39 is 0 Å². The average Bonchev–Trinajstić information content (AvgIpc) is 2.42. The summed E-state index contributed by atoms with van der Waals surface area (Å²) in [5.41, 5.74) is 4.17. The third kappa shape index (κ3) is 1.60. The largest absolute Gasteiger partial charge is 0.358 e. The molecule has 1 aliphatic rings. The van der Waals surface area contributed by atoms with E-state index in [1.54, 1.807) is 0 Å². The highest BCUT2D eigenvalue weighted by atomic mass is 79.9. The minimum absolute atomic E-state index is 1.08. The van der Waals surface area contributed by atoms with E-state index in [0.717, 1.165) is 30.4 Å². The Morgan fingerprint density at radius 3 is 2.93 bits per heavy atom. The highest BCUT2D eigenvalue weighted by Crippen LogP contribution is 2.26. The summed E-state index contributed by atoms with van der Waals surface area (Å²) >= 11 is 3.51. The Bertz CT molecular complexity index is 502. The van der Waals surface area contributed by atoms with Gasteiger partial charge in [0.1, 0.15) is 0 Å². The number of fused-ring (bicyclic) bond motifs is 3. The SMILES string of the molecule is Brc1ccc2c3c([nH]c2c1)CCNCC3. The fourth-order valence-corrected chi connectivity index (χ4v) is 2.70. The van der Waals surface area contributed by atoms with E-state index in [2.05, 4.69) is 44.4 Å². The van der Waals surface area contributed by atoms with E-state index in [4.69, 9.17) is 0 Å². The van der Waals surface area contributed by atoms with Crippen molar-refractivity contribution in [3.63, 3.8) is 0 Å². The summed E-state index contributed by atoms with van der Waals surface area (Å²) in [4.78, 5) is 3.53. The number of H-pyrrole nitrogens is 1. The van der Waals surface area contributed by atoms with Gasteiger partial charge in [-0.3, -0.25) is 0 Å². The maximum atomic E-state index is 3.53. The van der Waals surface area contributed by atoms with E-state index in [1.165, 1.54) is 22.2 Å². The number of aromatic amines is 1. The second-order valence-electron chi connectivity index (χ2n) is 4.02. The number of aromatic nitrogens is 1. The van der Waals surface area contributed by atoms with Gasteiger partial charge in [-0.1, -0.05) is 22.0 Å². The van der Waals surface area contributed by atoms with Crippen LogP contribution in [0.4, 0.5) is 0 Å². The summed E-state index contributed by atoms with van der Waals surface area (Å²) < 4.78 is 1.14. The van der Waals surface area contributed by atoms with Crippen molar-refractivity contribution in [2.45, 2.75) is 12.8 Å². The van der Waals surface area contributed by atoms with Gasteiger partial charge >= 0.3 is 0 Å². The van der Waals surface area contributed by atoms with Crippen molar-refractivity contribution < 1.29 is 0 Å². The summed E-state index contributed by atoms with van der Waals surface area (Å²) in [7, 11) is 0. The molecule has 0 bridgehead atoms. The highest BCUT2D eigenvalue weighted by molar-refractivity contribution is 9.10. The maximum absolute atomic E-state index is 3.53. The van der Waals surface area contributed by atoms with Gasteiger partial charge in [0.2, 0.25) is 0 Å². The molecule has 3 heteroatoms. The van der Waals surface area contributed by atoms with Crippen molar-refractivity contribution in [2.24, 2.45) is 0 Å². The molecule has 0 radical (unpaired) electrons. The molecule has 2 heterocycles. The van der Waals surface area contributed by atoms with Gasteiger partial charge in [-0.2, -0.15) is 0 Å². The number of nitrogens with one attached hydrogen (secondary N) is 2. The van der Waals surface area contributed by atoms with E-state index in [9.17, 15) is 0 Å². The van der Waals surface area contributed by atoms with Gasteiger partial charge < -0.3 is 10.3 Å². The van der Waals surface area contributed by atoms with E-state index >= 15 is 0 Å². The van der Waals surface area contributed by atoms with Crippen LogP contribution in [0.25, 0.3) is 10.9 Å². The molecule has 3 rings (SSSR count). The van der Waals surface area contributed by atoms with Crippen molar-refractivity contribution in [2.75, 3.05) is 13.1 Å². The number of rotatable bonds is 0. The summed E-state index contributed by atoms with van der Waals surface area (Å²) in [6.07, 6.45) is 2.25. The fourth-order valence-electron chi connectivity index (χ4n) is 2.33. The molecule has 2 N–H and O–H groups in total. The number of benzene rings is 1. The lowest BCUT2D eigenvalue weighted by atomic mass is 10.1. The molecule has 0 amide bonds. The predicted octanol–water partition coefficient (Wildman–Crippen LogP) is 2.62. The first-order chi connectivity index (χ1) is 7.34. The van der Waals surface area contributed by atoms with E-state index in [-0.39, 0.29) is 0 Å². The normalized spacial score (nSPS) is 16.3. The van der Waals surface area contributed by atoms with E-state index in [1.807, 2.05) is 0 Å². The summed E-state index contributed by atoms with van der Waals surface area (Å²) in [5.74, 6) is 0. The zero-order valence-corrected chi connectivity index (χ0v) is 10.0. The lowest BCUT2D eigenvalue weighted by Gasteiger charge is -1.98. The number of hydrogen-bond acceptors (Lipinski definition) is 1. The minimum atomic E-state index is 1.08. The molecule has 0 saturated heterocycles. The fraction of sp³-hybridized carbons (Fsp3) is 0.333. The minimum Gasteiger partial charge on any atom is -0.358 e. The van der Waals surface area contributed by atoms with Crippen LogP contribution in [-0.4, -0.2) is 18.1 Å². The van der Waals surface area contributed by atoms with Gasteiger partial charge in [-0.15, -0.1) is 0 Å².